The Balaban J connectivity index is 1.84. The molecular weight excluding hydrogens is 282 g/mol. The molecule has 0 saturated heterocycles. The first kappa shape index (κ1) is 14.7. The molecule has 1 aliphatic carbocycles. The van der Waals surface area contributed by atoms with Gasteiger partial charge in [0, 0.05) is 30.7 Å². The van der Waals surface area contributed by atoms with E-state index >= 15 is 0 Å². The molecule has 1 aliphatic rings. The third kappa shape index (κ3) is 3.19. The van der Waals surface area contributed by atoms with Crippen molar-refractivity contribution in [3.63, 3.8) is 0 Å². The van der Waals surface area contributed by atoms with Crippen LogP contribution >= 0.6 is 11.8 Å². The van der Waals surface area contributed by atoms with Crippen molar-refractivity contribution >= 4 is 11.8 Å². The maximum atomic E-state index is 5.66. The first-order valence-corrected chi connectivity index (χ1v) is 8.88. The lowest BCUT2D eigenvalue weighted by atomic mass is 9.94. The number of thioether (sulfide) groups is 1. The minimum absolute atomic E-state index is 0.0257. The van der Waals surface area contributed by atoms with E-state index in [1.807, 2.05) is 43.3 Å². The molecule has 3 unspecified atom stereocenters. The largest absolute Gasteiger partial charge is 0.467 e. The summed E-state index contributed by atoms with van der Waals surface area (Å²) in [6.07, 6.45) is 13.0. The SMILES string of the molecule is CSC1CCCCC1NC(c1ccco1)c1nccn1C. The molecule has 0 spiro atoms. The van der Waals surface area contributed by atoms with E-state index in [1.165, 1.54) is 25.7 Å². The lowest BCUT2D eigenvalue weighted by molar-refractivity contribution is 0.332. The van der Waals surface area contributed by atoms with Crippen molar-refractivity contribution in [2.75, 3.05) is 6.26 Å². The highest BCUT2D eigenvalue weighted by atomic mass is 32.2. The molecular formula is C16H23N3OS. The normalized spacial score (nSPS) is 24.1. The molecule has 1 fully saturated rings. The number of nitrogens with one attached hydrogen (secondary N) is 1. The van der Waals surface area contributed by atoms with Crippen molar-refractivity contribution in [1.82, 2.24) is 14.9 Å². The van der Waals surface area contributed by atoms with Gasteiger partial charge in [0.2, 0.25) is 0 Å². The van der Waals surface area contributed by atoms with Gasteiger partial charge in [-0.1, -0.05) is 12.8 Å². The van der Waals surface area contributed by atoms with Gasteiger partial charge in [-0.25, -0.2) is 4.98 Å². The van der Waals surface area contributed by atoms with Crippen LogP contribution in [0, 0.1) is 0 Å². The number of aryl methyl sites for hydroxylation is 1. The Morgan fingerprint density at radius 3 is 2.95 bits per heavy atom. The molecule has 0 radical (unpaired) electrons. The molecule has 1 saturated carbocycles. The van der Waals surface area contributed by atoms with Crippen molar-refractivity contribution in [3.05, 3.63) is 42.4 Å². The highest BCUT2D eigenvalue weighted by Crippen LogP contribution is 2.30. The molecule has 5 heteroatoms. The topological polar surface area (TPSA) is 43.0 Å². The second-order valence-electron chi connectivity index (χ2n) is 5.68. The minimum atomic E-state index is 0.0257. The van der Waals surface area contributed by atoms with Gasteiger partial charge in [0.15, 0.2) is 0 Å². The first-order chi connectivity index (χ1) is 10.3. The Kier molecular flexibility index (Phi) is 4.70. The smallest absolute Gasteiger partial charge is 0.133 e. The van der Waals surface area contributed by atoms with Gasteiger partial charge in [-0.3, -0.25) is 5.32 Å². The number of aromatic nitrogens is 2. The molecule has 4 nitrogen and oxygen atoms in total. The predicted octanol–water partition coefficient (Wildman–Crippen LogP) is 3.37. The zero-order valence-electron chi connectivity index (χ0n) is 12.7. The molecule has 2 aromatic heterocycles. The lowest BCUT2D eigenvalue weighted by Gasteiger charge is -2.33. The number of nitrogens with zero attached hydrogens (tertiary/aromatic N) is 2. The Labute approximate surface area is 130 Å². The molecule has 3 rings (SSSR count). The third-order valence-electron chi connectivity index (χ3n) is 4.33. The molecule has 0 aliphatic heterocycles. The highest BCUT2D eigenvalue weighted by molar-refractivity contribution is 7.99. The Hall–Kier alpha value is -1.20. The highest BCUT2D eigenvalue weighted by Gasteiger charge is 2.30. The fourth-order valence-corrected chi connectivity index (χ4v) is 4.12. The Morgan fingerprint density at radius 1 is 1.43 bits per heavy atom. The average molecular weight is 305 g/mol. The van der Waals surface area contributed by atoms with E-state index in [4.69, 9.17) is 4.42 Å². The molecule has 21 heavy (non-hydrogen) atoms. The summed E-state index contributed by atoms with van der Waals surface area (Å²) in [5.74, 6) is 1.95. The quantitative estimate of drug-likeness (QED) is 0.920. The zero-order valence-corrected chi connectivity index (χ0v) is 13.5. The summed E-state index contributed by atoms with van der Waals surface area (Å²) in [4.78, 5) is 4.52. The number of hydrogen-bond donors (Lipinski definition) is 1. The summed E-state index contributed by atoms with van der Waals surface area (Å²) in [6, 6.07) is 4.52. The number of imidazole rings is 1. The summed E-state index contributed by atoms with van der Waals surface area (Å²) in [6.45, 7) is 0. The van der Waals surface area contributed by atoms with Crippen molar-refractivity contribution < 1.29 is 4.42 Å². The first-order valence-electron chi connectivity index (χ1n) is 7.59. The Morgan fingerprint density at radius 2 is 2.29 bits per heavy atom. The van der Waals surface area contributed by atoms with Crippen LogP contribution in [0.2, 0.25) is 0 Å². The molecule has 0 bridgehead atoms. The number of furan rings is 1. The monoisotopic (exact) mass is 305 g/mol. The van der Waals surface area contributed by atoms with Crippen LogP contribution in [0.5, 0.6) is 0 Å². The van der Waals surface area contributed by atoms with Gasteiger partial charge in [0.25, 0.3) is 0 Å². The standard InChI is InChI=1S/C16H23N3OS/c1-19-10-9-17-16(19)15(13-7-5-11-20-13)18-12-6-3-4-8-14(12)21-2/h5,7,9-12,14-15,18H,3-4,6,8H2,1-2H3. The van der Waals surface area contributed by atoms with E-state index in [-0.39, 0.29) is 6.04 Å². The summed E-state index contributed by atoms with van der Waals surface area (Å²) < 4.78 is 7.73. The van der Waals surface area contributed by atoms with Crippen molar-refractivity contribution in [2.45, 2.75) is 43.0 Å². The van der Waals surface area contributed by atoms with Crippen molar-refractivity contribution in [3.8, 4) is 0 Å². The van der Waals surface area contributed by atoms with E-state index < -0.39 is 0 Å². The molecule has 3 atom stereocenters. The number of hydrogen-bond acceptors (Lipinski definition) is 4. The van der Waals surface area contributed by atoms with Gasteiger partial charge in [-0.05, 0) is 31.2 Å². The fraction of sp³-hybridized carbons (Fsp3) is 0.562. The maximum absolute atomic E-state index is 5.66. The maximum Gasteiger partial charge on any atom is 0.133 e. The molecule has 2 aromatic rings. The van der Waals surface area contributed by atoms with E-state index in [2.05, 4.69) is 21.1 Å². The van der Waals surface area contributed by atoms with E-state index in [0.29, 0.717) is 11.3 Å². The molecule has 0 aromatic carbocycles. The van der Waals surface area contributed by atoms with Gasteiger partial charge in [0.05, 0.1) is 6.26 Å². The molecule has 1 N–H and O–H groups in total. The van der Waals surface area contributed by atoms with Crippen LogP contribution in [-0.4, -0.2) is 27.1 Å². The fourth-order valence-electron chi connectivity index (χ4n) is 3.18. The van der Waals surface area contributed by atoms with Gasteiger partial charge in [-0.2, -0.15) is 11.8 Å². The van der Waals surface area contributed by atoms with Gasteiger partial charge < -0.3 is 8.98 Å². The van der Waals surface area contributed by atoms with Crippen LogP contribution in [0.4, 0.5) is 0 Å². The van der Waals surface area contributed by atoms with Crippen LogP contribution < -0.4 is 5.32 Å². The summed E-state index contributed by atoms with van der Waals surface area (Å²) in [7, 11) is 2.03. The number of rotatable bonds is 5. The van der Waals surface area contributed by atoms with Crippen molar-refractivity contribution in [2.24, 2.45) is 7.05 Å². The van der Waals surface area contributed by atoms with Crippen molar-refractivity contribution in [1.29, 1.82) is 0 Å². The second-order valence-corrected chi connectivity index (χ2v) is 6.75. The molecule has 114 valence electrons. The van der Waals surface area contributed by atoms with Gasteiger partial charge in [0.1, 0.15) is 17.6 Å². The zero-order chi connectivity index (χ0) is 14.7. The van der Waals surface area contributed by atoms with E-state index in [1.54, 1.807) is 6.26 Å². The molecule has 0 amide bonds. The Bertz CT molecular complexity index is 552. The van der Waals surface area contributed by atoms with Crippen LogP contribution in [0.1, 0.15) is 43.3 Å². The van der Waals surface area contributed by atoms with Crippen LogP contribution in [0.15, 0.2) is 35.2 Å². The van der Waals surface area contributed by atoms with Gasteiger partial charge in [-0.15, -0.1) is 0 Å². The van der Waals surface area contributed by atoms with E-state index in [0.717, 1.165) is 11.6 Å². The van der Waals surface area contributed by atoms with E-state index in [9.17, 15) is 0 Å². The van der Waals surface area contributed by atoms with Crippen LogP contribution in [-0.2, 0) is 7.05 Å². The average Bonchev–Trinajstić information content (AvgIpc) is 3.17. The predicted molar refractivity (Wildman–Crippen MR) is 86.5 cm³/mol. The minimum Gasteiger partial charge on any atom is -0.467 e. The van der Waals surface area contributed by atoms with Gasteiger partial charge >= 0.3 is 0 Å². The van der Waals surface area contributed by atoms with Crippen LogP contribution in [0.25, 0.3) is 0 Å². The molecule has 2 heterocycles. The summed E-state index contributed by atoms with van der Waals surface area (Å²) >= 11 is 1.97. The van der Waals surface area contributed by atoms with Crippen LogP contribution in [0.3, 0.4) is 0 Å². The summed E-state index contributed by atoms with van der Waals surface area (Å²) in [5.41, 5.74) is 0. The second kappa shape index (κ2) is 6.71. The lowest BCUT2D eigenvalue weighted by Crippen LogP contribution is -2.43. The third-order valence-corrected chi connectivity index (χ3v) is 5.50. The summed E-state index contributed by atoms with van der Waals surface area (Å²) in [5, 5.41) is 4.48.